The Morgan fingerprint density at radius 3 is 3.00 bits per heavy atom. The zero-order valence-electron chi connectivity index (χ0n) is 11.4. The van der Waals surface area contributed by atoms with E-state index in [1.165, 1.54) is 18.4 Å². The average molecular weight is 353 g/mol. The van der Waals surface area contributed by atoms with Crippen LogP contribution in [0, 0.1) is 6.92 Å². The third kappa shape index (κ3) is 3.81. The van der Waals surface area contributed by atoms with Gasteiger partial charge in [-0.1, -0.05) is 15.9 Å². The van der Waals surface area contributed by atoms with Crippen molar-refractivity contribution in [3.8, 4) is 5.75 Å². The predicted molar refractivity (Wildman–Crippen MR) is 85.2 cm³/mol. The number of aryl methyl sites for hydroxylation is 1. The van der Waals surface area contributed by atoms with Crippen LogP contribution in [0.3, 0.4) is 0 Å². The van der Waals surface area contributed by atoms with E-state index < -0.39 is 0 Å². The highest BCUT2D eigenvalue weighted by atomic mass is 79.9. The molecule has 1 saturated carbocycles. The molecule has 0 unspecified atom stereocenters. The molecule has 0 spiro atoms. The zero-order chi connectivity index (χ0) is 13.9. The lowest BCUT2D eigenvalue weighted by atomic mass is 10.2. The van der Waals surface area contributed by atoms with E-state index in [0.29, 0.717) is 12.6 Å². The Morgan fingerprint density at radius 1 is 1.45 bits per heavy atom. The van der Waals surface area contributed by atoms with Crippen LogP contribution >= 0.6 is 27.3 Å². The highest BCUT2D eigenvalue weighted by Gasteiger charge is 2.20. The molecular formula is C15H17BrN2OS. The number of benzene rings is 1. The molecule has 106 valence electrons. The summed E-state index contributed by atoms with van der Waals surface area (Å²) < 4.78 is 7.01. The molecule has 0 atom stereocenters. The Balaban J connectivity index is 1.66. The van der Waals surface area contributed by atoms with Crippen LogP contribution in [-0.2, 0) is 13.2 Å². The Labute approximate surface area is 131 Å². The Bertz CT molecular complexity index is 595. The number of rotatable bonds is 6. The molecule has 0 aliphatic heterocycles. The second-order valence-electron chi connectivity index (χ2n) is 5.05. The summed E-state index contributed by atoms with van der Waals surface area (Å²) in [6.45, 7) is 3.40. The number of thiazole rings is 1. The van der Waals surface area contributed by atoms with E-state index in [0.717, 1.165) is 27.5 Å². The third-order valence-corrected chi connectivity index (χ3v) is 4.54. The fourth-order valence-electron chi connectivity index (χ4n) is 1.99. The molecule has 1 aromatic carbocycles. The summed E-state index contributed by atoms with van der Waals surface area (Å²) in [4.78, 5) is 4.43. The molecule has 0 saturated heterocycles. The van der Waals surface area contributed by atoms with E-state index in [2.05, 4.69) is 37.7 Å². The molecular weight excluding hydrogens is 336 g/mol. The third-order valence-electron chi connectivity index (χ3n) is 3.22. The van der Waals surface area contributed by atoms with Crippen molar-refractivity contribution in [2.24, 2.45) is 0 Å². The molecule has 1 aliphatic carbocycles. The van der Waals surface area contributed by atoms with Gasteiger partial charge in [0.1, 0.15) is 12.4 Å². The van der Waals surface area contributed by atoms with Crippen molar-refractivity contribution in [2.45, 2.75) is 39.0 Å². The first-order chi connectivity index (χ1) is 9.70. The normalized spacial score (nSPS) is 14.5. The van der Waals surface area contributed by atoms with Crippen molar-refractivity contribution in [1.29, 1.82) is 0 Å². The minimum absolute atomic E-state index is 0.530. The average Bonchev–Trinajstić information content (AvgIpc) is 3.17. The van der Waals surface area contributed by atoms with Crippen LogP contribution in [0.25, 0.3) is 0 Å². The van der Waals surface area contributed by atoms with Crippen LogP contribution in [0.1, 0.15) is 29.1 Å². The maximum Gasteiger partial charge on any atom is 0.131 e. The van der Waals surface area contributed by atoms with Crippen LogP contribution in [0.15, 0.2) is 28.1 Å². The van der Waals surface area contributed by atoms with Crippen LogP contribution in [0.4, 0.5) is 0 Å². The molecule has 2 aromatic rings. The minimum Gasteiger partial charge on any atom is -0.487 e. The Morgan fingerprint density at radius 2 is 2.30 bits per heavy atom. The van der Waals surface area contributed by atoms with Gasteiger partial charge < -0.3 is 10.1 Å². The van der Waals surface area contributed by atoms with Gasteiger partial charge in [-0.2, -0.15) is 0 Å². The van der Waals surface area contributed by atoms with Gasteiger partial charge in [0.25, 0.3) is 0 Å². The first kappa shape index (κ1) is 14.0. The van der Waals surface area contributed by atoms with Crippen LogP contribution in [-0.4, -0.2) is 11.0 Å². The van der Waals surface area contributed by atoms with Crippen molar-refractivity contribution < 1.29 is 4.74 Å². The first-order valence-corrected chi connectivity index (χ1v) is 8.43. The molecule has 1 fully saturated rings. The van der Waals surface area contributed by atoms with Crippen molar-refractivity contribution in [3.05, 3.63) is 44.3 Å². The molecule has 5 heteroatoms. The number of halogens is 1. The lowest BCUT2D eigenvalue weighted by Crippen LogP contribution is -2.16. The second kappa shape index (κ2) is 6.24. The van der Waals surface area contributed by atoms with Gasteiger partial charge in [-0.15, -0.1) is 11.3 Å². The molecule has 1 N–H and O–H groups in total. The summed E-state index contributed by atoms with van der Waals surface area (Å²) in [5, 5.41) is 6.66. The molecule has 1 aliphatic rings. The molecule has 3 rings (SSSR count). The van der Waals surface area contributed by atoms with E-state index in [-0.39, 0.29) is 0 Å². The van der Waals surface area contributed by atoms with Gasteiger partial charge in [-0.3, -0.25) is 0 Å². The van der Waals surface area contributed by atoms with Crippen LogP contribution in [0.2, 0.25) is 0 Å². The van der Waals surface area contributed by atoms with E-state index in [1.807, 2.05) is 19.1 Å². The largest absolute Gasteiger partial charge is 0.487 e. The second-order valence-corrected chi connectivity index (χ2v) is 7.03. The van der Waals surface area contributed by atoms with Crippen LogP contribution in [0.5, 0.6) is 5.75 Å². The number of aromatic nitrogens is 1. The van der Waals surface area contributed by atoms with Gasteiger partial charge in [0.05, 0.1) is 10.7 Å². The monoisotopic (exact) mass is 352 g/mol. The Kier molecular flexibility index (Phi) is 4.38. The Hall–Kier alpha value is -0.910. The smallest absolute Gasteiger partial charge is 0.131 e. The molecule has 3 nitrogen and oxygen atoms in total. The molecule has 0 radical (unpaired) electrons. The maximum absolute atomic E-state index is 5.93. The quantitative estimate of drug-likeness (QED) is 0.851. The summed E-state index contributed by atoms with van der Waals surface area (Å²) in [5.74, 6) is 0.937. The lowest BCUT2D eigenvalue weighted by Gasteiger charge is -2.12. The van der Waals surface area contributed by atoms with Crippen molar-refractivity contribution in [2.75, 3.05) is 0 Å². The van der Waals surface area contributed by atoms with Gasteiger partial charge in [0.15, 0.2) is 0 Å². The number of nitrogens with zero attached hydrogens (tertiary/aromatic N) is 1. The maximum atomic E-state index is 5.93. The summed E-state index contributed by atoms with van der Waals surface area (Å²) in [6.07, 6.45) is 2.59. The van der Waals surface area contributed by atoms with E-state index in [4.69, 9.17) is 4.74 Å². The van der Waals surface area contributed by atoms with Gasteiger partial charge in [-0.25, -0.2) is 4.98 Å². The molecule has 0 amide bonds. The number of ether oxygens (including phenoxy) is 1. The fourth-order valence-corrected chi connectivity index (χ4v) is 3.00. The SMILES string of the molecule is Cc1nc(COc2ccc(Br)cc2CNC2CC2)cs1. The number of hydrogen-bond acceptors (Lipinski definition) is 4. The van der Waals surface area contributed by atoms with E-state index in [9.17, 15) is 0 Å². The minimum atomic E-state index is 0.530. The summed E-state index contributed by atoms with van der Waals surface area (Å²) in [5.41, 5.74) is 2.19. The van der Waals surface area contributed by atoms with Crippen LogP contribution < -0.4 is 10.1 Å². The standard InChI is InChI=1S/C15H17BrN2OS/c1-10-18-14(9-20-10)8-19-15-5-2-12(16)6-11(15)7-17-13-3-4-13/h2,5-6,9,13,17H,3-4,7-8H2,1H3. The lowest BCUT2D eigenvalue weighted by molar-refractivity contribution is 0.298. The zero-order valence-corrected chi connectivity index (χ0v) is 13.8. The van der Waals surface area contributed by atoms with Gasteiger partial charge in [0, 0.05) is 28.0 Å². The summed E-state index contributed by atoms with van der Waals surface area (Å²) >= 11 is 5.18. The molecule has 1 heterocycles. The van der Waals surface area contributed by atoms with Gasteiger partial charge in [0.2, 0.25) is 0 Å². The van der Waals surface area contributed by atoms with Gasteiger partial charge >= 0.3 is 0 Å². The highest BCUT2D eigenvalue weighted by Crippen LogP contribution is 2.26. The summed E-state index contributed by atoms with van der Waals surface area (Å²) in [7, 11) is 0. The molecule has 1 aromatic heterocycles. The predicted octanol–water partition coefficient (Wildman–Crippen LogP) is 4.05. The van der Waals surface area contributed by atoms with E-state index in [1.54, 1.807) is 11.3 Å². The number of nitrogens with one attached hydrogen (secondary N) is 1. The van der Waals surface area contributed by atoms with Crippen molar-refractivity contribution in [3.63, 3.8) is 0 Å². The van der Waals surface area contributed by atoms with E-state index >= 15 is 0 Å². The number of hydrogen-bond donors (Lipinski definition) is 1. The fraction of sp³-hybridized carbons (Fsp3) is 0.400. The van der Waals surface area contributed by atoms with Gasteiger partial charge in [-0.05, 0) is 38.0 Å². The first-order valence-electron chi connectivity index (χ1n) is 6.76. The molecule has 0 bridgehead atoms. The topological polar surface area (TPSA) is 34.1 Å². The van der Waals surface area contributed by atoms with Crippen molar-refractivity contribution >= 4 is 27.3 Å². The molecule has 20 heavy (non-hydrogen) atoms. The van der Waals surface area contributed by atoms with Crippen molar-refractivity contribution in [1.82, 2.24) is 10.3 Å². The highest BCUT2D eigenvalue weighted by molar-refractivity contribution is 9.10. The summed E-state index contributed by atoms with van der Waals surface area (Å²) in [6, 6.07) is 6.86.